The molecule has 0 saturated carbocycles. The normalized spacial score (nSPS) is 12.7. The molecule has 0 aliphatic rings. The van der Waals surface area contributed by atoms with Crippen molar-refractivity contribution >= 4 is 23.3 Å². The van der Waals surface area contributed by atoms with Crippen molar-refractivity contribution in [3.63, 3.8) is 0 Å². The zero-order valence-corrected chi connectivity index (χ0v) is 19.2. The van der Waals surface area contributed by atoms with E-state index in [1.165, 1.54) is 22.6 Å². The second-order valence-electron chi connectivity index (χ2n) is 6.68. The first kappa shape index (κ1) is 22.9. The average Bonchev–Trinajstić information content (AvgIpc) is 3.24. The van der Waals surface area contributed by atoms with Crippen LogP contribution < -0.4 is 10.6 Å². The molecular formula is C20H32N6O2S. The predicted octanol–water partition coefficient (Wildman–Crippen LogP) is 2.91. The monoisotopic (exact) mass is 420 g/mol. The summed E-state index contributed by atoms with van der Waals surface area (Å²) in [7, 11) is 3.73. The van der Waals surface area contributed by atoms with Crippen LogP contribution in [0.1, 0.15) is 71.1 Å². The van der Waals surface area contributed by atoms with Crippen LogP contribution in [0.4, 0.5) is 0 Å². The maximum atomic E-state index is 12.0. The molecule has 0 fully saturated rings. The standard InChI is InChI=1S/C20H32N6O2S/c1-8-15-14(16(9-2)26(7)25-15)11-22-20(21-6)24-13(5)18-23-12(4)17(29-18)19(27)28-10-3/h13H,8-11H2,1-7H3,(H2,21,22,24). The van der Waals surface area contributed by atoms with Gasteiger partial charge in [-0.25, -0.2) is 9.78 Å². The second kappa shape index (κ2) is 10.4. The van der Waals surface area contributed by atoms with Crippen LogP contribution in [0.15, 0.2) is 4.99 Å². The van der Waals surface area contributed by atoms with E-state index < -0.39 is 0 Å². The van der Waals surface area contributed by atoms with Crippen LogP contribution in [0.25, 0.3) is 0 Å². The van der Waals surface area contributed by atoms with Crippen molar-refractivity contribution in [2.75, 3.05) is 13.7 Å². The van der Waals surface area contributed by atoms with Crippen molar-refractivity contribution in [1.29, 1.82) is 0 Å². The van der Waals surface area contributed by atoms with Gasteiger partial charge < -0.3 is 15.4 Å². The van der Waals surface area contributed by atoms with Crippen molar-refractivity contribution in [1.82, 2.24) is 25.4 Å². The zero-order valence-electron chi connectivity index (χ0n) is 18.4. The molecule has 2 aromatic rings. The molecule has 2 heterocycles. The first-order chi connectivity index (χ1) is 13.9. The number of nitrogens with one attached hydrogen (secondary N) is 2. The van der Waals surface area contributed by atoms with Gasteiger partial charge in [0, 0.05) is 31.9 Å². The summed E-state index contributed by atoms with van der Waals surface area (Å²) in [4.78, 5) is 21.5. The third-order valence-corrected chi connectivity index (χ3v) is 6.00. The largest absolute Gasteiger partial charge is 0.462 e. The zero-order chi connectivity index (χ0) is 21.6. The summed E-state index contributed by atoms with van der Waals surface area (Å²) in [6.07, 6.45) is 1.82. The Morgan fingerprint density at radius 2 is 2.03 bits per heavy atom. The molecule has 2 aromatic heterocycles. The molecule has 29 heavy (non-hydrogen) atoms. The van der Waals surface area contributed by atoms with Crippen LogP contribution in [0.5, 0.6) is 0 Å². The van der Waals surface area contributed by atoms with E-state index in [1.807, 2.05) is 25.6 Å². The Morgan fingerprint density at radius 3 is 2.62 bits per heavy atom. The highest BCUT2D eigenvalue weighted by atomic mass is 32.1. The highest BCUT2D eigenvalue weighted by Crippen LogP contribution is 2.24. The van der Waals surface area contributed by atoms with E-state index in [-0.39, 0.29) is 12.0 Å². The summed E-state index contributed by atoms with van der Waals surface area (Å²) in [6, 6.07) is -0.0988. The number of aryl methyl sites for hydroxylation is 3. The fourth-order valence-corrected chi connectivity index (χ4v) is 4.18. The summed E-state index contributed by atoms with van der Waals surface area (Å²) in [6.45, 7) is 10.9. The fourth-order valence-electron chi connectivity index (χ4n) is 3.22. The average molecular weight is 421 g/mol. The summed E-state index contributed by atoms with van der Waals surface area (Å²) < 4.78 is 7.07. The lowest BCUT2D eigenvalue weighted by Gasteiger charge is -2.16. The number of carbonyl (C=O) groups excluding carboxylic acids is 1. The SMILES string of the molecule is CCOC(=O)c1sc(C(C)NC(=NC)NCc2c(CC)nn(C)c2CC)nc1C. The minimum Gasteiger partial charge on any atom is -0.462 e. The molecule has 0 spiro atoms. The quantitative estimate of drug-likeness (QED) is 0.387. The van der Waals surface area contributed by atoms with Gasteiger partial charge in [-0.3, -0.25) is 9.67 Å². The number of rotatable bonds is 8. The molecule has 0 bridgehead atoms. The molecule has 9 heteroatoms. The Kier molecular flexibility index (Phi) is 8.19. The second-order valence-corrected chi connectivity index (χ2v) is 7.71. The van der Waals surface area contributed by atoms with Crippen LogP contribution in [-0.4, -0.2) is 40.3 Å². The molecule has 0 radical (unpaired) electrons. The van der Waals surface area contributed by atoms with E-state index in [1.54, 1.807) is 14.0 Å². The molecule has 0 amide bonds. The number of hydrogen-bond acceptors (Lipinski definition) is 6. The van der Waals surface area contributed by atoms with Crippen LogP contribution >= 0.6 is 11.3 Å². The van der Waals surface area contributed by atoms with Gasteiger partial charge in [-0.1, -0.05) is 13.8 Å². The van der Waals surface area contributed by atoms with Crippen molar-refractivity contribution in [2.45, 2.75) is 60.0 Å². The smallest absolute Gasteiger partial charge is 0.350 e. The number of guanidine groups is 1. The summed E-state index contributed by atoms with van der Waals surface area (Å²) in [5.41, 5.74) is 4.25. The molecule has 2 N–H and O–H groups in total. The van der Waals surface area contributed by atoms with Gasteiger partial charge in [-0.2, -0.15) is 5.10 Å². The summed E-state index contributed by atoms with van der Waals surface area (Å²) >= 11 is 1.35. The first-order valence-corrected chi connectivity index (χ1v) is 10.8. The van der Waals surface area contributed by atoms with Crippen molar-refractivity contribution in [3.05, 3.63) is 32.5 Å². The lowest BCUT2D eigenvalue weighted by molar-refractivity contribution is 0.0531. The van der Waals surface area contributed by atoms with Gasteiger partial charge in [-0.05, 0) is 33.6 Å². The Labute approximate surface area is 176 Å². The number of carbonyl (C=O) groups is 1. The maximum Gasteiger partial charge on any atom is 0.350 e. The molecule has 0 saturated heterocycles. The number of ether oxygens (including phenoxy) is 1. The van der Waals surface area contributed by atoms with Gasteiger partial charge in [-0.15, -0.1) is 11.3 Å². The van der Waals surface area contributed by atoms with E-state index in [4.69, 9.17) is 4.74 Å². The van der Waals surface area contributed by atoms with Gasteiger partial charge in [0.1, 0.15) is 9.88 Å². The van der Waals surface area contributed by atoms with Crippen molar-refractivity contribution in [2.24, 2.45) is 12.0 Å². The summed E-state index contributed by atoms with van der Waals surface area (Å²) in [5, 5.41) is 12.2. The molecule has 0 aliphatic heterocycles. The van der Waals surface area contributed by atoms with Crippen LogP contribution in [0, 0.1) is 6.92 Å². The van der Waals surface area contributed by atoms with Crippen molar-refractivity contribution in [3.8, 4) is 0 Å². The maximum absolute atomic E-state index is 12.0. The minimum atomic E-state index is -0.320. The van der Waals surface area contributed by atoms with Crippen LogP contribution in [0.2, 0.25) is 0 Å². The van der Waals surface area contributed by atoms with Crippen LogP contribution in [0.3, 0.4) is 0 Å². The number of thiazole rings is 1. The van der Waals surface area contributed by atoms with Gasteiger partial charge >= 0.3 is 5.97 Å². The Bertz CT molecular complexity index is 871. The first-order valence-electron chi connectivity index (χ1n) is 10.0. The third kappa shape index (κ3) is 5.35. The molecule has 2 rings (SSSR count). The molecule has 8 nitrogen and oxygen atoms in total. The predicted molar refractivity (Wildman–Crippen MR) is 117 cm³/mol. The van der Waals surface area contributed by atoms with E-state index in [0.717, 1.165) is 23.5 Å². The number of nitrogens with zero attached hydrogens (tertiary/aromatic N) is 4. The molecule has 0 aromatic carbocycles. The molecular weight excluding hydrogens is 388 g/mol. The summed E-state index contributed by atoms with van der Waals surface area (Å²) in [5.74, 6) is 0.357. The van der Waals surface area contributed by atoms with Gasteiger partial charge in [0.05, 0.1) is 24.0 Å². The van der Waals surface area contributed by atoms with Gasteiger partial charge in [0.15, 0.2) is 5.96 Å². The molecule has 1 atom stereocenters. The number of aliphatic imine (C=N–C) groups is 1. The Morgan fingerprint density at radius 1 is 1.31 bits per heavy atom. The van der Waals surface area contributed by atoms with Gasteiger partial charge in [0.2, 0.25) is 0 Å². The number of hydrogen-bond donors (Lipinski definition) is 2. The molecule has 160 valence electrons. The third-order valence-electron chi connectivity index (χ3n) is 4.68. The minimum absolute atomic E-state index is 0.0988. The lowest BCUT2D eigenvalue weighted by Crippen LogP contribution is -2.38. The van der Waals surface area contributed by atoms with Crippen LogP contribution in [-0.2, 0) is 31.2 Å². The van der Waals surface area contributed by atoms with Gasteiger partial charge in [0.25, 0.3) is 0 Å². The highest BCUT2D eigenvalue weighted by Gasteiger charge is 2.20. The Balaban J connectivity index is 2.08. The Hall–Kier alpha value is -2.42. The molecule has 1 unspecified atom stereocenters. The molecule has 0 aliphatic carbocycles. The highest BCUT2D eigenvalue weighted by molar-refractivity contribution is 7.13. The number of esters is 1. The van der Waals surface area contributed by atoms with E-state index in [2.05, 4.69) is 39.6 Å². The lowest BCUT2D eigenvalue weighted by atomic mass is 10.1. The fraction of sp³-hybridized carbons (Fsp3) is 0.600. The van der Waals surface area contributed by atoms with E-state index in [0.29, 0.717) is 29.7 Å². The topological polar surface area (TPSA) is 93.4 Å². The number of aromatic nitrogens is 3. The van der Waals surface area contributed by atoms with E-state index >= 15 is 0 Å². The van der Waals surface area contributed by atoms with E-state index in [9.17, 15) is 4.79 Å². The van der Waals surface area contributed by atoms with Crippen molar-refractivity contribution < 1.29 is 9.53 Å².